The number of amides is 2. The van der Waals surface area contributed by atoms with Gasteiger partial charge in [0.15, 0.2) is 12.4 Å². The molecular formula is C21H31N3O4. The number of Topliss-reactive ketones (excluding diaryl/α,β-unsaturated/α-hetero) is 1. The second kappa shape index (κ2) is 10.8. The molecule has 0 saturated heterocycles. The molecule has 154 valence electrons. The SMILES string of the molecule is CCN(CC)CCCCNC(=O)CCN1C(=O)COc2ccc(C(C)=O)cc21. The number of rotatable bonds is 11. The van der Waals surface area contributed by atoms with Gasteiger partial charge in [-0.2, -0.15) is 0 Å². The van der Waals surface area contributed by atoms with Gasteiger partial charge in [-0.15, -0.1) is 0 Å². The summed E-state index contributed by atoms with van der Waals surface area (Å²) in [5.74, 6) is 0.191. The maximum Gasteiger partial charge on any atom is 0.265 e. The van der Waals surface area contributed by atoms with Gasteiger partial charge in [0, 0.05) is 25.1 Å². The zero-order chi connectivity index (χ0) is 20.5. The van der Waals surface area contributed by atoms with Gasteiger partial charge < -0.3 is 19.9 Å². The molecule has 0 atom stereocenters. The number of unbranched alkanes of at least 4 members (excludes halogenated alkanes) is 1. The fourth-order valence-electron chi connectivity index (χ4n) is 3.20. The molecule has 7 heteroatoms. The summed E-state index contributed by atoms with van der Waals surface area (Å²) in [5.41, 5.74) is 1.07. The van der Waals surface area contributed by atoms with Gasteiger partial charge in [-0.1, -0.05) is 13.8 Å². The average Bonchev–Trinajstić information content (AvgIpc) is 2.69. The third kappa shape index (κ3) is 6.05. The molecule has 0 aromatic heterocycles. The van der Waals surface area contributed by atoms with Crippen molar-refractivity contribution < 1.29 is 19.1 Å². The average molecular weight is 389 g/mol. The first-order valence-corrected chi connectivity index (χ1v) is 10.0. The monoisotopic (exact) mass is 389 g/mol. The van der Waals surface area contributed by atoms with E-state index >= 15 is 0 Å². The predicted octanol–water partition coefficient (Wildman–Crippen LogP) is 2.24. The van der Waals surface area contributed by atoms with Crippen LogP contribution in [-0.4, -0.2) is 61.8 Å². The molecule has 1 aromatic carbocycles. The van der Waals surface area contributed by atoms with E-state index in [0.717, 1.165) is 32.5 Å². The summed E-state index contributed by atoms with van der Waals surface area (Å²) in [6, 6.07) is 5.03. The van der Waals surface area contributed by atoms with Gasteiger partial charge >= 0.3 is 0 Å². The fourth-order valence-corrected chi connectivity index (χ4v) is 3.20. The highest BCUT2D eigenvalue weighted by Crippen LogP contribution is 2.33. The number of benzene rings is 1. The number of hydrogen-bond acceptors (Lipinski definition) is 5. The number of fused-ring (bicyclic) bond motifs is 1. The van der Waals surface area contributed by atoms with E-state index in [1.54, 1.807) is 18.2 Å². The number of anilines is 1. The van der Waals surface area contributed by atoms with Crippen molar-refractivity contribution in [3.05, 3.63) is 23.8 Å². The molecular weight excluding hydrogens is 358 g/mol. The molecule has 0 unspecified atom stereocenters. The fraction of sp³-hybridized carbons (Fsp3) is 0.571. The van der Waals surface area contributed by atoms with Crippen molar-refractivity contribution in [2.75, 3.05) is 44.2 Å². The lowest BCUT2D eigenvalue weighted by Crippen LogP contribution is -2.41. The minimum absolute atomic E-state index is 0.0562. The van der Waals surface area contributed by atoms with Crippen molar-refractivity contribution >= 4 is 23.3 Å². The Morgan fingerprint density at radius 1 is 1.21 bits per heavy atom. The molecule has 0 spiro atoms. The number of ether oxygens (including phenoxy) is 1. The molecule has 2 rings (SSSR count). The summed E-state index contributed by atoms with van der Waals surface area (Å²) >= 11 is 0. The van der Waals surface area contributed by atoms with E-state index in [4.69, 9.17) is 4.74 Å². The van der Waals surface area contributed by atoms with E-state index < -0.39 is 0 Å². The first kappa shape index (κ1) is 21.9. The van der Waals surface area contributed by atoms with Crippen LogP contribution in [0.4, 0.5) is 5.69 Å². The summed E-state index contributed by atoms with van der Waals surface area (Å²) in [7, 11) is 0. The summed E-state index contributed by atoms with van der Waals surface area (Å²) in [5, 5.41) is 2.92. The van der Waals surface area contributed by atoms with Gasteiger partial charge in [-0.05, 0) is 57.6 Å². The highest BCUT2D eigenvalue weighted by atomic mass is 16.5. The van der Waals surface area contributed by atoms with Gasteiger partial charge in [0.1, 0.15) is 5.75 Å². The normalized spacial score (nSPS) is 13.3. The summed E-state index contributed by atoms with van der Waals surface area (Å²) in [4.78, 5) is 39.9. The molecule has 0 bridgehead atoms. The Morgan fingerprint density at radius 2 is 1.96 bits per heavy atom. The zero-order valence-electron chi connectivity index (χ0n) is 17.1. The Bertz CT molecular complexity index is 701. The lowest BCUT2D eigenvalue weighted by atomic mass is 10.1. The van der Waals surface area contributed by atoms with Crippen LogP contribution >= 0.6 is 0 Å². The van der Waals surface area contributed by atoms with Crippen LogP contribution in [0.15, 0.2) is 18.2 Å². The Morgan fingerprint density at radius 3 is 2.64 bits per heavy atom. The third-order valence-electron chi connectivity index (χ3n) is 4.99. The van der Waals surface area contributed by atoms with E-state index in [0.29, 0.717) is 23.5 Å². The Balaban J connectivity index is 1.82. The van der Waals surface area contributed by atoms with Gasteiger partial charge in [0.2, 0.25) is 5.91 Å². The molecule has 7 nitrogen and oxygen atoms in total. The van der Waals surface area contributed by atoms with Crippen molar-refractivity contribution in [3.63, 3.8) is 0 Å². The second-order valence-corrected chi connectivity index (χ2v) is 6.91. The van der Waals surface area contributed by atoms with Crippen molar-refractivity contribution in [1.82, 2.24) is 10.2 Å². The molecule has 0 fully saturated rings. The van der Waals surface area contributed by atoms with E-state index in [1.807, 2.05) is 0 Å². The van der Waals surface area contributed by atoms with Crippen LogP contribution in [0.3, 0.4) is 0 Å². The van der Waals surface area contributed by atoms with Crippen LogP contribution in [-0.2, 0) is 9.59 Å². The van der Waals surface area contributed by atoms with Crippen molar-refractivity contribution in [2.24, 2.45) is 0 Å². The molecule has 2 amide bonds. The molecule has 1 aromatic rings. The largest absolute Gasteiger partial charge is 0.482 e. The van der Waals surface area contributed by atoms with Gasteiger partial charge in [-0.25, -0.2) is 0 Å². The first-order valence-electron chi connectivity index (χ1n) is 10.0. The number of nitrogens with zero attached hydrogens (tertiary/aromatic N) is 2. The minimum Gasteiger partial charge on any atom is -0.482 e. The Hall–Kier alpha value is -2.41. The van der Waals surface area contributed by atoms with Gasteiger partial charge in [-0.3, -0.25) is 14.4 Å². The molecule has 0 aliphatic carbocycles. The maximum atomic E-state index is 12.3. The highest BCUT2D eigenvalue weighted by molar-refractivity contribution is 6.01. The molecule has 1 aliphatic rings. The number of carbonyl (C=O) groups excluding carboxylic acids is 3. The lowest BCUT2D eigenvalue weighted by Gasteiger charge is -2.29. The van der Waals surface area contributed by atoms with Gasteiger partial charge in [0.25, 0.3) is 5.91 Å². The molecule has 0 radical (unpaired) electrons. The lowest BCUT2D eigenvalue weighted by molar-refractivity contribution is -0.122. The van der Waals surface area contributed by atoms with E-state index in [9.17, 15) is 14.4 Å². The van der Waals surface area contributed by atoms with E-state index in [1.165, 1.54) is 11.8 Å². The molecule has 1 N–H and O–H groups in total. The maximum absolute atomic E-state index is 12.3. The van der Waals surface area contributed by atoms with Crippen molar-refractivity contribution in [2.45, 2.75) is 40.0 Å². The number of carbonyl (C=O) groups is 3. The third-order valence-corrected chi connectivity index (χ3v) is 4.99. The first-order chi connectivity index (χ1) is 13.5. The standard InChI is InChI=1S/C21H31N3O4/c1-4-23(5-2)12-7-6-11-22-20(26)10-13-24-18-14-17(16(3)25)8-9-19(18)28-15-21(24)27/h8-9,14H,4-7,10-13,15H2,1-3H3,(H,22,26). The quantitative estimate of drug-likeness (QED) is 0.464. The Kier molecular flexibility index (Phi) is 8.44. The molecule has 1 heterocycles. The van der Waals surface area contributed by atoms with Crippen LogP contribution in [0.25, 0.3) is 0 Å². The number of nitrogens with one attached hydrogen (secondary N) is 1. The van der Waals surface area contributed by atoms with Crippen LogP contribution in [0, 0.1) is 0 Å². The van der Waals surface area contributed by atoms with Crippen molar-refractivity contribution in [1.29, 1.82) is 0 Å². The van der Waals surface area contributed by atoms with Crippen LogP contribution in [0.5, 0.6) is 5.75 Å². The number of ketones is 1. The molecule has 0 saturated carbocycles. The van der Waals surface area contributed by atoms with Crippen LogP contribution < -0.4 is 15.0 Å². The van der Waals surface area contributed by atoms with Crippen LogP contribution in [0.1, 0.15) is 50.4 Å². The zero-order valence-corrected chi connectivity index (χ0v) is 17.1. The Labute approximate surface area is 167 Å². The van der Waals surface area contributed by atoms with E-state index in [-0.39, 0.29) is 37.2 Å². The predicted molar refractivity (Wildman–Crippen MR) is 109 cm³/mol. The topological polar surface area (TPSA) is 79.0 Å². The molecule has 28 heavy (non-hydrogen) atoms. The second-order valence-electron chi connectivity index (χ2n) is 6.91. The van der Waals surface area contributed by atoms with Gasteiger partial charge in [0.05, 0.1) is 5.69 Å². The summed E-state index contributed by atoms with van der Waals surface area (Å²) < 4.78 is 5.43. The minimum atomic E-state index is -0.208. The smallest absolute Gasteiger partial charge is 0.265 e. The van der Waals surface area contributed by atoms with E-state index in [2.05, 4.69) is 24.1 Å². The summed E-state index contributed by atoms with van der Waals surface area (Å²) in [6.07, 6.45) is 2.19. The van der Waals surface area contributed by atoms with Crippen molar-refractivity contribution in [3.8, 4) is 5.75 Å². The highest BCUT2D eigenvalue weighted by Gasteiger charge is 2.26. The number of hydrogen-bond donors (Lipinski definition) is 1. The summed E-state index contributed by atoms with van der Waals surface area (Å²) in [6.45, 7) is 9.76. The molecule has 1 aliphatic heterocycles. The van der Waals surface area contributed by atoms with Crippen LogP contribution in [0.2, 0.25) is 0 Å².